The second-order valence-corrected chi connectivity index (χ2v) is 8.70. The molecule has 3 N–H and O–H groups in total. The molecule has 0 saturated carbocycles. The zero-order chi connectivity index (χ0) is 22.0. The summed E-state index contributed by atoms with van der Waals surface area (Å²) in [6.45, 7) is 2.33. The third-order valence-electron chi connectivity index (χ3n) is 5.25. The van der Waals surface area contributed by atoms with Gasteiger partial charge in [-0.25, -0.2) is 4.79 Å². The molecule has 2 saturated heterocycles. The largest absolute Gasteiger partial charge is 0.323 e. The van der Waals surface area contributed by atoms with E-state index < -0.39 is 11.6 Å². The SMILES string of the molecule is CC1(CSc2ccccc2C(=O)Nc2cccc(N3CCCC3=O)c2)NC(=O)NC1=O. The van der Waals surface area contributed by atoms with Crippen LogP contribution in [0.4, 0.5) is 16.2 Å². The molecule has 0 aromatic heterocycles. The van der Waals surface area contributed by atoms with Crippen molar-refractivity contribution in [1.82, 2.24) is 10.6 Å². The van der Waals surface area contributed by atoms with Crippen molar-refractivity contribution >= 4 is 46.9 Å². The normalized spacial score (nSPS) is 20.5. The van der Waals surface area contributed by atoms with E-state index in [-0.39, 0.29) is 23.5 Å². The smallest absolute Gasteiger partial charge is 0.322 e. The maximum atomic E-state index is 13.0. The molecule has 2 heterocycles. The molecule has 4 rings (SSSR count). The molecular weight excluding hydrogens is 416 g/mol. The van der Waals surface area contributed by atoms with Crippen LogP contribution < -0.4 is 20.9 Å². The summed E-state index contributed by atoms with van der Waals surface area (Å²) in [5, 5.41) is 7.75. The number of imide groups is 1. The molecule has 31 heavy (non-hydrogen) atoms. The number of urea groups is 1. The van der Waals surface area contributed by atoms with E-state index in [0.717, 1.165) is 12.1 Å². The molecule has 2 aliphatic rings. The van der Waals surface area contributed by atoms with Crippen molar-refractivity contribution in [1.29, 1.82) is 0 Å². The van der Waals surface area contributed by atoms with Crippen LogP contribution in [0.1, 0.15) is 30.1 Å². The van der Waals surface area contributed by atoms with Gasteiger partial charge in [0, 0.05) is 35.0 Å². The quantitative estimate of drug-likeness (QED) is 0.475. The Morgan fingerprint density at radius 1 is 1.16 bits per heavy atom. The van der Waals surface area contributed by atoms with E-state index in [4.69, 9.17) is 0 Å². The van der Waals surface area contributed by atoms with Crippen LogP contribution in [-0.4, -0.2) is 41.6 Å². The van der Waals surface area contributed by atoms with E-state index in [2.05, 4.69) is 16.0 Å². The van der Waals surface area contributed by atoms with Gasteiger partial charge in [-0.2, -0.15) is 0 Å². The van der Waals surface area contributed by atoms with Gasteiger partial charge >= 0.3 is 6.03 Å². The maximum Gasteiger partial charge on any atom is 0.322 e. The average Bonchev–Trinajstić information content (AvgIpc) is 3.29. The van der Waals surface area contributed by atoms with Crippen LogP contribution in [0.5, 0.6) is 0 Å². The summed E-state index contributed by atoms with van der Waals surface area (Å²) < 4.78 is 0. The van der Waals surface area contributed by atoms with Crippen LogP contribution in [0.3, 0.4) is 0 Å². The Bertz CT molecular complexity index is 1070. The van der Waals surface area contributed by atoms with Gasteiger partial charge in [0.15, 0.2) is 0 Å². The van der Waals surface area contributed by atoms with Crippen LogP contribution in [0.25, 0.3) is 0 Å². The number of hydrogen-bond acceptors (Lipinski definition) is 5. The first-order valence-electron chi connectivity index (χ1n) is 9.93. The Hall–Kier alpha value is -3.33. The molecule has 0 bridgehead atoms. The molecule has 2 aromatic rings. The third-order valence-corrected chi connectivity index (χ3v) is 6.64. The molecule has 9 heteroatoms. The van der Waals surface area contributed by atoms with Crippen molar-refractivity contribution in [2.45, 2.75) is 30.2 Å². The van der Waals surface area contributed by atoms with Crippen LogP contribution in [0, 0.1) is 0 Å². The molecule has 1 atom stereocenters. The second-order valence-electron chi connectivity index (χ2n) is 7.68. The fraction of sp³-hybridized carbons (Fsp3) is 0.273. The van der Waals surface area contributed by atoms with Gasteiger partial charge in [0.05, 0.1) is 5.56 Å². The molecule has 160 valence electrons. The van der Waals surface area contributed by atoms with Crippen molar-refractivity contribution in [3.63, 3.8) is 0 Å². The minimum absolute atomic E-state index is 0.0850. The van der Waals surface area contributed by atoms with Crippen LogP contribution >= 0.6 is 11.8 Å². The number of benzene rings is 2. The molecule has 0 radical (unpaired) electrons. The van der Waals surface area contributed by atoms with Crippen LogP contribution in [0.2, 0.25) is 0 Å². The Kier molecular flexibility index (Phi) is 5.69. The van der Waals surface area contributed by atoms with E-state index >= 15 is 0 Å². The molecule has 8 nitrogen and oxygen atoms in total. The summed E-state index contributed by atoms with van der Waals surface area (Å²) in [5.74, 6) is -0.318. The van der Waals surface area contributed by atoms with Gasteiger partial charge in [0.25, 0.3) is 11.8 Å². The number of carbonyl (C=O) groups excluding carboxylic acids is 4. The summed E-state index contributed by atoms with van der Waals surface area (Å²) in [5.41, 5.74) is 0.779. The number of nitrogens with one attached hydrogen (secondary N) is 3. The predicted octanol–water partition coefficient (Wildman–Crippen LogP) is 2.76. The van der Waals surface area contributed by atoms with Gasteiger partial charge < -0.3 is 15.5 Å². The van der Waals surface area contributed by atoms with E-state index in [1.54, 1.807) is 48.2 Å². The minimum Gasteiger partial charge on any atom is -0.323 e. The summed E-state index contributed by atoms with van der Waals surface area (Å²) >= 11 is 1.32. The Morgan fingerprint density at radius 2 is 1.97 bits per heavy atom. The van der Waals surface area contributed by atoms with E-state index in [1.807, 2.05) is 12.1 Å². The molecule has 2 aromatic carbocycles. The van der Waals surface area contributed by atoms with Gasteiger partial charge in [-0.1, -0.05) is 18.2 Å². The second kappa shape index (κ2) is 8.43. The Morgan fingerprint density at radius 3 is 2.68 bits per heavy atom. The molecule has 0 spiro atoms. The first kappa shape index (κ1) is 20.9. The third kappa shape index (κ3) is 4.41. The molecular formula is C22H22N4O4S. The number of thioether (sulfide) groups is 1. The highest BCUT2D eigenvalue weighted by molar-refractivity contribution is 7.99. The molecule has 2 aliphatic heterocycles. The number of carbonyl (C=O) groups is 4. The maximum absolute atomic E-state index is 13.0. The zero-order valence-electron chi connectivity index (χ0n) is 16.9. The number of anilines is 2. The highest BCUT2D eigenvalue weighted by Crippen LogP contribution is 2.29. The lowest BCUT2D eigenvalue weighted by Gasteiger charge is -2.20. The van der Waals surface area contributed by atoms with Gasteiger partial charge in [0.1, 0.15) is 5.54 Å². The first-order valence-corrected chi connectivity index (χ1v) is 10.9. The fourth-order valence-corrected chi connectivity index (χ4v) is 4.69. The summed E-state index contributed by atoms with van der Waals surface area (Å²) in [7, 11) is 0. The predicted molar refractivity (Wildman–Crippen MR) is 118 cm³/mol. The van der Waals surface area contributed by atoms with E-state index in [0.29, 0.717) is 29.1 Å². The van der Waals surface area contributed by atoms with Gasteiger partial charge in [-0.15, -0.1) is 11.8 Å². The Labute approximate surface area is 183 Å². The van der Waals surface area contributed by atoms with Crippen LogP contribution in [-0.2, 0) is 9.59 Å². The minimum atomic E-state index is -1.04. The van der Waals surface area contributed by atoms with Crippen LogP contribution in [0.15, 0.2) is 53.4 Å². The lowest BCUT2D eigenvalue weighted by Crippen LogP contribution is -2.46. The highest BCUT2D eigenvalue weighted by atomic mass is 32.2. The number of amides is 5. The standard InChI is InChI=1S/C22H22N4O4S/c1-22(20(29)24-21(30)25-22)13-31-17-9-3-2-8-16(17)19(28)23-14-6-4-7-15(12-14)26-11-5-10-18(26)27/h2-4,6-9,12H,5,10-11,13H2,1H3,(H,23,28)(H2,24,25,29,30). The summed E-state index contributed by atoms with van der Waals surface area (Å²) in [6.07, 6.45) is 1.37. The molecule has 1 unspecified atom stereocenters. The number of nitrogens with zero attached hydrogens (tertiary/aromatic N) is 1. The number of rotatable bonds is 6. The monoisotopic (exact) mass is 438 g/mol. The molecule has 2 fully saturated rings. The number of hydrogen-bond donors (Lipinski definition) is 3. The lowest BCUT2D eigenvalue weighted by atomic mass is 10.1. The summed E-state index contributed by atoms with van der Waals surface area (Å²) in [4.78, 5) is 50.9. The van der Waals surface area contributed by atoms with Crippen molar-refractivity contribution in [2.75, 3.05) is 22.5 Å². The molecule has 0 aliphatic carbocycles. The topological polar surface area (TPSA) is 108 Å². The van der Waals surface area contributed by atoms with Crippen molar-refractivity contribution < 1.29 is 19.2 Å². The first-order chi connectivity index (χ1) is 14.9. The highest BCUT2D eigenvalue weighted by Gasteiger charge is 2.41. The van der Waals surface area contributed by atoms with Gasteiger partial charge in [-0.05, 0) is 43.7 Å². The van der Waals surface area contributed by atoms with Crippen molar-refractivity contribution in [2.24, 2.45) is 0 Å². The lowest BCUT2D eigenvalue weighted by molar-refractivity contribution is -0.122. The van der Waals surface area contributed by atoms with Gasteiger partial charge in [-0.3, -0.25) is 19.7 Å². The van der Waals surface area contributed by atoms with Crippen molar-refractivity contribution in [3.8, 4) is 0 Å². The average molecular weight is 439 g/mol. The fourth-order valence-electron chi connectivity index (χ4n) is 3.55. The zero-order valence-corrected chi connectivity index (χ0v) is 17.8. The van der Waals surface area contributed by atoms with Crippen molar-refractivity contribution in [3.05, 3.63) is 54.1 Å². The molecule has 5 amide bonds. The van der Waals surface area contributed by atoms with E-state index in [9.17, 15) is 19.2 Å². The Balaban J connectivity index is 1.48. The summed E-state index contributed by atoms with van der Waals surface area (Å²) in [6, 6.07) is 13.8. The van der Waals surface area contributed by atoms with Gasteiger partial charge in [0.2, 0.25) is 5.91 Å². The van der Waals surface area contributed by atoms with E-state index in [1.165, 1.54) is 11.8 Å².